The van der Waals surface area contributed by atoms with Crippen LogP contribution >= 0.6 is 0 Å². The molecule has 1 atom stereocenters. The van der Waals surface area contributed by atoms with Gasteiger partial charge in [0.25, 0.3) is 11.6 Å². The maximum atomic E-state index is 13.6. The lowest BCUT2D eigenvalue weighted by atomic mass is 9.91. The lowest BCUT2D eigenvalue weighted by molar-refractivity contribution is -0.136. The van der Waals surface area contributed by atoms with Crippen molar-refractivity contribution < 1.29 is 22.5 Å². The van der Waals surface area contributed by atoms with Crippen molar-refractivity contribution in [2.75, 3.05) is 13.1 Å². The number of amides is 1. The van der Waals surface area contributed by atoms with Crippen LogP contribution in [0, 0.1) is 6.92 Å². The van der Waals surface area contributed by atoms with Gasteiger partial charge in [-0.25, -0.2) is 4.98 Å². The number of hydrogen-bond acceptors (Lipinski definition) is 5. The molecule has 1 saturated heterocycles. The van der Waals surface area contributed by atoms with Crippen molar-refractivity contribution in [2.24, 2.45) is 7.05 Å². The highest BCUT2D eigenvalue weighted by Gasteiger charge is 2.38. The van der Waals surface area contributed by atoms with E-state index in [0.29, 0.717) is 25.1 Å². The fraction of sp³-hybridized carbons (Fsp3) is 0.444. The van der Waals surface area contributed by atoms with E-state index in [4.69, 9.17) is 4.52 Å². The minimum absolute atomic E-state index is 0.113. The number of rotatable bonds is 2. The first kappa shape index (κ1) is 18.5. The Kier molecular flexibility index (Phi) is 4.35. The Hall–Kier alpha value is -2.91. The Balaban J connectivity index is 1.70. The Morgan fingerprint density at radius 1 is 1.36 bits per heavy atom. The largest absolute Gasteiger partial charge is 0.417 e. The van der Waals surface area contributed by atoms with Crippen LogP contribution in [0.5, 0.6) is 0 Å². The topological polar surface area (TPSA) is 77.0 Å². The number of aromatic nitrogens is 4. The summed E-state index contributed by atoms with van der Waals surface area (Å²) in [7, 11) is 1.67. The molecule has 0 saturated carbocycles. The zero-order chi connectivity index (χ0) is 20.1. The van der Waals surface area contributed by atoms with Crippen molar-refractivity contribution in [3.05, 3.63) is 41.0 Å². The third-order valence-corrected chi connectivity index (χ3v) is 5.04. The lowest BCUT2D eigenvalue weighted by Gasteiger charge is -2.32. The van der Waals surface area contributed by atoms with E-state index < -0.39 is 11.7 Å². The van der Waals surface area contributed by atoms with E-state index in [2.05, 4.69) is 15.2 Å². The van der Waals surface area contributed by atoms with Crippen molar-refractivity contribution >= 4 is 17.0 Å². The van der Waals surface area contributed by atoms with Gasteiger partial charge in [0.15, 0.2) is 0 Å². The fourth-order valence-corrected chi connectivity index (χ4v) is 3.73. The summed E-state index contributed by atoms with van der Waals surface area (Å²) in [6, 6.07) is 2.62. The molecular weight excluding hydrogens is 375 g/mol. The van der Waals surface area contributed by atoms with Crippen molar-refractivity contribution in [2.45, 2.75) is 31.9 Å². The van der Waals surface area contributed by atoms with Crippen LogP contribution < -0.4 is 0 Å². The van der Waals surface area contributed by atoms with Gasteiger partial charge in [0, 0.05) is 37.9 Å². The Labute approximate surface area is 158 Å². The molecule has 0 bridgehead atoms. The molecule has 0 aromatic carbocycles. The first-order valence-corrected chi connectivity index (χ1v) is 8.87. The molecule has 0 radical (unpaired) electrons. The van der Waals surface area contributed by atoms with Gasteiger partial charge in [-0.2, -0.15) is 18.3 Å². The van der Waals surface area contributed by atoms with Crippen molar-refractivity contribution in [3.8, 4) is 0 Å². The normalized spacial score (nSPS) is 18.0. The molecule has 1 aliphatic heterocycles. The molecule has 3 aromatic heterocycles. The van der Waals surface area contributed by atoms with Crippen LogP contribution in [0.2, 0.25) is 0 Å². The molecule has 4 heterocycles. The van der Waals surface area contributed by atoms with Gasteiger partial charge in [0.2, 0.25) is 0 Å². The van der Waals surface area contributed by atoms with E-state index in [0.717, 1.165) is 6.07 Å². The molecule has 10 heteroatoms. The molecular formula is C18H18F3N5O2. The van der Waals surface area contributed by atoms with Gasteiger partial charge >= 0.3 is 6.18 Å². The maximum absolute atomic E-state index is 13.6. The van der Waals surface area contributed by atoms with E-state index in [-0.39, 0.29) is 40.9 Å². The van der Waals surface area contributed by atoms with Gasteiger partial charge in [0.05, 0.1) is 16.6 Å². The highest BCUT2D eigenvalue weighted by molar-refractivity contribution is 5.92. The average Bonchev–Trinajstić information content (AvgIpc) is 3.25. The number of hydrogen-bond donors (Lipinski definition) is 0. The van der Waals surface area contributed by atoms with Crippen LogP contribution in [0.4, 0.5) is 13.2 Å². The predicted molar refractivity (Wildman–Crippen MR) is 92.6 cm³/mol. The SMILES string of the molecule is Cc1cc(C(F)(F)F)c2c([C@H]3CCCN(C(=O)c4ccnn4C)C3)noc2n1. The molecule has 1 aliphatic rings. The Morgan fingerprint density at radius 3 is 2.82 bits per heavy atom. The second-order valence-corrected chi connectivity index (χ2v) is 6.99. The molecule has 3 aromatic rings. The smallest absolute Gasteiger partial charge is 0.337 e. The Morgan fingerprint density at radius 2 is 2.14 bits per heavy atom. The van der Waals surface area contributed by atoms with E-state index in [1.807, 2.05) is 0 Å². The van der Waals surface area contributed by atoms with Crippen LogP contribution in [0.3, 0.4) is 0 Å². The van der Waals surface area contributed by atoms with Crippen LogP contribution in [-0.4, -0.2) is 43.8 Å². The van der Waals surface area contributed by atoms with Gasteiger partial charge in [-0.15, -0.1) is 0 Å². The lowest BCUT2D eigenvalue weighted by Crippen LogP contribution is -2.40. The highest BCUT2D eigenvalue weighted by Crippen LogP contribution is 2.40. The predicted octanol–water partition coefficient (Wildman–Crippen LogP) is 3.30. The molecule has 0 N–H and O–H groups in total. The minimum atomic E-state index is -4.55. The molecule has 0 spiro atoms. The number of fused-ring (bicyclic) bond motifs is 1. The molecule has 28 heavy (non-hydrogen) atoms. The highest BCUT2D eigenvalue weighted by atomic mass is 19.4. The second-order valence-electron chi connectivity index (χ2n) is 6.99. The first-order valence-electron chi connectivity index (χ1n) is 8.87. The van der Waals surface area contributed by atoms with Gasteiger partial charge in [0.1, 0.15) is 5.69 Å². The van der Waals surface area contributed by atoms with E-state index >= 15 is 0 Å². The zero-order valence-electron chi connectivity index (χ0n) is 15.3. The van der Waals surface area contributed by atoms with Crippen molar-refractivity contribution in [3.63, 3.8) is 0 Å². The summed E-state index contributed by atoms with van der Waals surface area (Å²) in [5.74, 6) is -0.569. The number of halogens is 3. The van der Waals surface area contributed by atoms with E-state index in [1.54, 1.807) is 18.0 Å². The van der Waals surface area contributed by atoms with Crippen LogP contribution in [0.25, 0.3) is 11.1 Å². The van der Waals surface area contributed by atoms with E-state index in [1.165, 1.54) is 17.8 Å². The number of aryl methyl sites for hydroxylation is 2. The van der Waals surface area contributed by atoms with Gasteiger partial charge in [-0.3, -0.25) is 9.48 Å². The maximum Gasteiger partial charge on any atom is 0.417 e. The summed E-state index contributed by atoms with van der Waals surface area (Å²) in [6.45, 7) is 2.27. The van der Waals surface area contributed by atoms with Crippen LogP contribution in [0.1, 0.15) is 46.2 Å². The standard InChI is InChI=1S/C18H18F3N5O2/c1-10-8-12(18(19,20)21)14-15(24-28-16(14)23-10)11-4-3-7-26(9-11)17(27)13-5-6-22-25(13)2/h5-6,8,11H,3-4,7,9H2,1-2H3/t11-/m0/s1. The third kappa shape index (κ3) is 3.12. The number of alkyl halides is 3. The molecule has 148 valence electrons. The van der Waals surface area contributed by atoms with Crippen LogP contribution in [0.15, 0.2) is 22.9 Å². The third-order valence-electron chi connectivity index (χ3n) is 5.04. The van der Waals surface area contributed by atoms with Gasteiger partial charge in [-0.1, -0.05) is 5.16 Å². The first-order chi connectivity index (χ1) is 13.3. The molecule has 7 nitrogen and oxygen atoms in total. The summed E-state index contributed by atoms with van der Waals surface area (Å²) in [5, 5.41) is 7.80. The number of carbonyl (C=O) groups excluding carboxylic acids is 1. The van der Waals surface area contributed by atoms with Crippen molar-refractivity contribution in [1.82, 2.24) is 24.8 Å². The summed E-state index contributed by atoms with van der Waals surface area (Å²) >= 11 is 0. The second kappa shape index (κ2) is 6.61. The number of carbonyl (C=O) groups is 1. The van der Waals surface area contributed by atoms with Crippen molar-refractivity contribution in [1.29, 1.82) is 0 Å². The van der Waals surface area contributed by atoms with Gasteiger partial charge < -0.3 is 9.42 Å². The number of pyridine rings is 1. The molecule has 1 fully saturated rings. The number of likely N-dealkylation sites (tertiary alicyclic amines) is 1. The molecule has 0 unspecified atom stereocenters. The quantitative estimate of drug-likeness (QED) is 0.668. The number of nitrogens with zero attached hydrogens (tertiary/aromatic N) is 5. The van der Waals surface area contributed by atoms with Gasteiger partial charge in [-0.05, 0) is 31.9 Å². The minimum Gasteiger partial charge on any atom is -0.337 e. The summed E-state index contributed by atoms with van der Waals surface area (Å²) in [5.41, 5.74) is -0.0887. The monoisotopic (exact) mass is 393 g/mol. The summed E-state index contributed by atoms with van der Waals surface area (Å²) in [6.07, 6.45) is -1.75. The molecule has 1 amide bonds. The fourth-order valence-electron chi connectivity index (χ4n) is 3.73. The molecule has 0 aliphatic carbocycles. The average molecular weight is 393 g/mol. The summed E-state index contributed by atoms with van der Waals surface area (Å²) < 4.78 is 47.4. The van der Waals surface area contributed by atoms with E-state index in [9.17, 15) is 18.0 Å². The summed E-state index contributed by atoms with van der Waals surface area (Å²) in [4.78, 5) is 18.4. The molecule has 4 rings (SSSR count). The van der Waals surface area contributed by atoms with Crippen LogP contribution in [-0.2, 0) is 13.2 Å². The zero-order valence-corrected chi connectivity index (χ0v) is 15.3. The Bertz CT molecular complexity index is 1040. The number of piperidine rings is 1.